The number of benzene rings is 3. The van der Waals surface area contributed by atoms with E-state index in [1.165, 1.54) is 36.0 Å². The Labute approximate surface area is 166 Å². The van der Waals surface area contributed by atoms with Gasteiger partial charge >= 0.3 is 6.03 Å². The number of urea groups is 1. The standard InChI is InChI=1S/C25H26N2O/c1-18(22-12-11-20-9-5-6-10-23(20)17-22)26-25(28)27-24-15-13-21(14-16-24)19-7-3-2-4-8-19/h2-4,7-8,11-18H,5-6,9-10H2,1H3,(H2,26,27,28). The molecule has 0 saturated heterocycles. The summed E-state index contributed by atoms with van der Waals surface area (Å²) in [6.45, 7) is 2.03. The van der Waals surface area contributed by atoms with Gasteiger partial charge in [-0.1, -0.05) is 60.7 Å². The fourth-order valence-electron chi connectivity index (χ4n) is 3.85. The van der Waals surface area contributed by atoms with Crippen LogP contribution in [0.4, 0.5) is 10.5 Å². The fourth-order valence-corrected chi connectivity index (χ4v) is 3.85. The van der Waals surface area contributed by atoms with Gasteiger partial charge in [-0.3, -0.25) is 0 Å². The molecule has 28 heavy (non-hydrogen) atoms. The number of rotatable bonds is 4. The number of carbonyl (C=O) groups is 1. The first-order chi connectivity index (χ1) is 13.7. The van der Waals surface area contributed by atoms with Gasteiger partial charge in [0.25, 0.3) is 0 Å². The van der Waals surface area contributed by atoms with Crippen LogP contribution >= 0.6 is 0 Å². The van der Waals surface area contributed by atoms with E-state index in [1.54, 1.807) is 0 Å². The SMILES string of the molecule is CC(NC(=O)Nc1ccc(-c2ccccc2)cc1)c1ccc2c(c1)CCCC2. The van der Waals surface area contributed by atoms with E-state index in [2.05, 4.69) is 41.0 Å². The van der Waals surface area contributed by atoms with Gasteiger partial charge < -0.3 is 10.6 Å². The summed E-state index contributed by atoms with van der Waals surface area (Å²) in [6.07, 6.45) is 4.87. The van der Waals surface area contributed by atoms with Gasteiger partial charge in [-0.05, 0) is 72.6 Å². The monoisotopic (exact) mass is 370 g/mol. The van der Waals surface area contributed by atoms with Gasteiger partial charge in [0.2, 0.25) is 0 Å². The van der Waals surface area contributed by atoms with Crippen molar-refractivity contribution in [3.05, 3.63) is 89.5 Å². The highest BCUT2D eigenvalue weighted by molar-refractivity contribution is 5.89. The molecule has 3 aromatic rings. The molecule has 3 aromatic carbocycles. The molecule has 3 nitrogen and oxygen atoms in total. The molecule has 0 saturated carbocycles. The molecule has 0 aliphatic heterocycles. The average Bonchev–Trinajstić information content (AvgIpc) is 2.74. The number of hydrogen-bond acceptors (Lipinski definition) is 1. The van der Waals surface area contributed by atoms with Crippen molar-refractivity contribution in [1.82, 2.24) is 5.32 Å². The lowest BCUT2D eigenvalue weighted by molar-refractivity contribution is 0.249. The topological polar surface area (TPSA) is 41.1 Å². The van der Waals surface area contributed by atoms with E-state index in [9.17, 15) is 4.79 Å². The normalized spacial score (nSPS) is 14.0. The van der Waals surface area contributed by atoms with Gasteiger partial charge in [0, 0.05) is 5.69 Å². The van der Waals surface area contributed by atoms with Crippen LogP contribution in [-0.2, 0) is 12.8 Å². The quantitative estimate of drug-likeness (QED) is 0.571. The van der Waals surface area contributed by atoms with Crippen molar-refractivity contribution in [3.8, 4) is 11.1 Å². The molecule has 142 valence electrons. The van der Waals surface area contributed by atoms with E-state index >= 15 is 0 Å². The Bertz CT molecular complexity index is 948. The molecule has 1 atom stereocenters. The number of nitrogens with one attached hydrogen (secondary N) is 2. The highest BCUT2D eigenvalue weighted by Gasteiger charge is 2.14. The largest absolute Gasteiger partial charge is 0.331 e. The first kappa shape index (κ1) is 18.3. The number of amides is 2. The minimum Gasteiger partial charge on any atom is -0.331 e. The third-order valence-electron chi connectivity index (χ3n) is 5.47. The van der Waals surface area contributed by atoms with Crippen molar-refractivity contribution in [3.63, 3.8) is 0 Å². The molecule has 0 spiro atoms. The Hall–Kier alpha value is -3.07. The second-order valence-electron chi connectivity index (χ2n) is 7.50. The van der Waals surface area contributed by atoms with Gasteiger partial charge in [0.1, 0.15) is 0 Å². The molecule has 0 fully saturated rings. The maximum absolute atomic E-state index is 12.4. The third kappa shape index (κ3) is 4.25. The molecule has 0 bridgehead atoms. The molecule has 4 rings (SSSR count). The van der Waals surface area contributed by atoms with E-state index in [1.807, 2.05) is 49.4 Å². The minimum atomic E-state index is -0.183. The average molecular weight is 370 g/mol. The van der Waals surface area contributed by atoms with Crippen LogP contribution in [0.3, 0.4) is 0 Å². The van der Waals surface area contributed by atoms with Gasteiger partial charge in [0.05, 0.1) is 6.04 Å². The number of hydrogen-bond donors (Lipinski definition) is 2. The Morgan fingerprint density at radius 1 is 0.821 bits per heavy atom. The van der Waals surface area contributed by atoms with Crippen molar-refractivity contribution in [2.24, 2.45) is 0 Å². The number of carbonyl (C=O) groups excluding carboxylic acids is 1. The first-order valence-electron chi connectivity index (χ1n) is 10.0. The summed E-state index contributed by atoms with van der Waals surface area (Å²) in [5.74, 6) is 0. The molecule has 3 heteroatoms. The zero-order chi connectivity index (χ0) is 19.3. The third-order valence-corrected chi connectivity index (χ3v) is 5.47. The van der Waals surface area contributed by atoms with E-state index in [0.29, 0.717) is 0 Å². The predicted molar refractivity (Wildman–Crippen MR) is 116 cm³/mol. The summed E-state index contributed by atoms with van der Waals surface area (Å²) in [5.41, 5.74) is 7.15. The first-order valence-corrected chi connectivity index (χ1v) is 10.0. The van der Waals surface area contributed by atoms with Gasteiger partial charge in [0.15, 0.2) is 0 Å². The molecular weight excluding hydrogens is 344 g/mol. The predicted octanol–water partition coefficient (Wildman–Crippen LogP) is 6.12. The molecule has 0 aromatic heterocycles. The molecule has 1 aliphatic rings. The highest BCUT2D eigenvalue weighted by atomic mass is 16.2. The van der Waals surface area contributed by atoms with Crippen LogP contribution in [0, 0.1) is 0 Å². The van der Waals surface area contributed by atoms with Crippen LogP contribution in [0.5, 0.6) is 0 Å². The smallest absolute Gasteiger partial charge is 0.319 e. The highest BCUT2D eigenvalue weighted by Crippen LogP contribution is 2.25. The zero-order valence-electron chi connectivity index (χ0n) is 16.2. The summed E-state index contributed by atoms with van der Waals surface area (Å²) in [4.78, 5) is 12.4. The summed E-state index contributed by atoms with van der Waals surface area (Å²) in [7, 11) is 0. The lowest BCUT2D eigenvalue weighted by atomic mass is 9.89. The molecule has 0 radical (unpaired) electrons. The van der Waals surface area contributed by atoms with Gasteiger partial charge in [-0.25, -0.2) is 4.79 Å². The number of anilines is 1. The number of fused-ring (bicyclic) bond motifs is 1. The lowest BCUT2D eigenvalue weighted by Gasteiger charge is -2.20. The van der Waals surface area contributed by atoms with Crippen LogP contribution in [-0.4, -0.2) is 6.03 Å². The van der Waals surface area contributed by atoms with Crippen molar-refractivity contribution in [1.29, 1.82) is 0 Å². The van der Waals surface area contributed by atoms with Crippen molar-refractivity contribution < 1.29 is 4.79 Å². The maximum atomic E-state index is 12.4. The summed E-state index contributed by atoms with van der Waals surface area (Å²) < 4.78 is 0. The van der Waals surface area contributed by atoms with Crippen molar-refractivity contribution in [2.75, 3.05) is 5.32 Å². The molecule has 1 aliphatic carbocycles. The lowest BCUT2D eigenvalue weighted by Crippen LogP contribution is -2.31. The summed E-state index contributed by atoms with van der Waals surface area (Å²) in [6, 6.07) is 24.5. The fraction of sp³-hybridized carbons (Fsp3) is 0.240. The van der Waals surface area contributed by atoms with Crippen LogP contribution in [0.25, 0.3) is 11.1 Å². The Morgan fingerprint density at radius 2 is 1.50 bits per heavy atom. The molecule has 2 amide bonds. The molecule has 0 heterocycles. The molecule has 2 N–H and O–H groups in total. The van der Waals surface area contributed by atoms with E-state index < -0.39 is 0 Å². The summed E-state index contributed by atoms with van der Waals surface area (Å²) >= 11 is 0. The van der Waals surface area contributed by atoms with Crippen LogP contribution in [0.1, 0.15) is 42.5 Å². The van der Waals surface area contributed by atoms with E-state index in [0.717, 1.165) is 23.2 Å². The van der Waals surface area contributed by atoms with Crippen molar-refractivity contribution >= 4 is 11.7 Å². The van der Waals surface area contributed by atoms with E-state index in [4.69, 9.17) is 0 Å². The van der Waals surface area contributed by atoms with Crippen LogP contribution in [0.15, 0.2) is 72.8 Å². The molecular formula is C25H26N2O. The van der Waals surface area contributed by atoms with Crippen LogP contribution in [0.2, 0.25) is 0 Å². The van der Waals surface area contributed by atoms with Gasteiger partial charge in [-0.2, -0.15) is 0 Å². The maximum Gasteiger partial charge on any atom is 0.319 e. The minimum absolute atomic E-state index is 0.0316. The van der Waals surface area contributed by atoms with Gasteiger partial charge in [-0.15, -0.1) is 0 Å². The Balaban J connectivity index is 1.37. The molecule has 1 unspecified atom stereocenters. The number of aryl methyl sites for hydroxylation is 2. The summed E-state index contributed by atoms with van der Waals surface area (Å²) in [5, 5.41) is 5.98. The Morgan fingerprint density at radius 3 is 2.25 bits per heavy atom. The second-order valence-corrected chi connectivity index (χ2v) is 7.50. The van der Waals surface area contributed by atoms with Crippen molar-refractivity contribution in [2.45, 2.75) is 38.6 Å². The van der Waals surface area contributed by atoms with Crippen LogP contribution < -0.4 is 10.6 Å². The zero-order valence-corrected chi connectivity index (χ0v) is 16.2. The second kappa shape index (κ2) is 8.30. The van der Waals surface area contributed by atoms with E-state index in [-0.39, 0.29) is 12.1 Å². The Kier molecular flexibility index (Phi) is 5.43.